The molecule has 1 aromatic heterocycles. The van der Waals surface area contributed by atoms with Crippen LogP contribution in [0, 0.1) is 5.92 Å². The molecule has 7 nitrogen and oxygen atoms in total. The third kappa shape index (κ3) is 5.86. The zero-order valence-electron chi connectivity index (χ0n) is 21.4. The molecule has 0 unspecified atom stereocenters. The largest absolute Gasteiger partial charge is 0.486 e. The Hall–Kier alpha value is -3.23. The number of amides is 2. The van der Waals surface area contributed by atoms with Crippen molar-refractivity contribution in [2.75, 3.05) is 32.8 Å². The minimum atomic E-state index is -0.141. The molecule has 1 fully saturated rings. The molecule has 0 aliphatic carbocycles. The van der Waals surface area contributed by atoms with Crippen molar-refractivity contribution in [2.24, 2.45) is 5.92 Å². The molecule has 2 aliphatic heterocycles. The highest BCUT2D eigenvalue weighted by Crippen LogP contribution is 2.38. The van der Waals surface area contributed by atoms with Crippen LogP contribution in [-0.4, -0.2) is 59.4 Å². The van der Waals surface area contributed by atoms with E-state index in [9.17, 15) is 9.59 Å². The van der Waals surface area contributed by atoms with Gasteiger partial charge in [-0.3, -0.25) is 9.59 Å². The molecule has 8 heteroatoms. The predicted molar refractivity (Wildman–Crippen MR) is 143 cm³/mol. The normalized spacial score (nSPS) is 17.5. The fraction of sp³-hybridized carbons (Fsp3) is 0.414. The van der Waals surface area contributed by atoms with Gasteiger partial charge in [0.25, 0.3) is 5.91 Å². The zero-order valence-corrected chi connectivity index (χ0v) is 22.2. The molecule has 2 aliphatic rings. The quantitative estimate of drug-likeness (QED) is 0.452. The van der Waals surface area contributed by atoms with Gasteiger partial charge in [0, 0.05) is 31.4 Å². The number of nitrogens with zero attached hydrogens (tertiary/aromatic N) is 3. The standard InChI is InChI=1S/C29H33N3O4S/c1-20(2)16-27(33)32-11-10-21-8-9-23(17-24(21)28(32)22-6-4-3-5-7-22)36-18-26-30-25(19-37-26)29(34)31-12-14-35-15-13-31/h3-9,17,19-20,28H,10-16,18H2,1-2H3/t28-/m1/s1. The van der Waals surface area contributed by atoms with Crippen LogP contribution in [0.15, 0.2) is 53.9 Å². The summed E-state index contributed by atoms with van der Waals surface area (Å²) >= 11 is 1.43. The van der Waals surface area contributed by atoms with E-state index in [-0.39, 0.29) is 24.5 Å². The molecule has 2 amide bonds. The third-order valence-corrected chi connectivity index (χ3v) is 7.62. The van der Waals surface area contributed by atoms with Gasteiger partial charge in [0.15, 0.2) is 0 Å². The van der Waals surface area contributed by atoms with Crippen LogP contribution < -0.4 is 4.74 Å². The van der Waals surface area contributed by atoms with Crippen LogP contribution in [0.5, 0.6) is 5.75 Å². The average Bonchev–Trinajstić information content (AvgIpc) is 3.40. The first-order chi connectivity index (χ1) is 18.0. The minimum absolute atomic E-state index is 0.0589. The Morgan fingerprint density at radius 2 is 1.89 bits per heavy atom. The number of hydrogen-bond acceptors (Lipinski definition) is 6. The first-order valence-corrected chi connectivity index (χ1v) is 13.8. The van der Waals surface area contributed by atoms with Gasteiger partial charge in [-0.2, -0.15) is 0 Å². The molecule has 2 aromatic carbocycles. The SMILES string of the molecule is CC(C)CC(=O)N1CCc2ccc(OCc3nc(C(=O)N4CCOCC4)cs3)cc2[C@H]1c1ccccc1. The van der Waals surface area contributed by atoms with Gasteiger partial charge in [-0.25, -0.2) is 4.98 Å². The van der Waals surface area contributed by atoms with Crippen molar-refractivity contribution in [2.45, 2.75) is 39.3 Å². The number of carbonyl (C=O) groups excluding carboxylic acids is 2. The molecule has 5 rings (SSSR count). The maximum atomic E-state index is 13.2. The Bertz CT molecular complexity index is 1240. The van der Waals surface area contributed by atoms with E-state index in [1.807, 2.05) is 29.2 Å². The second kappa shape index (κ2) is 11.4. The number of rotatable bonds is 7. The zero-order chi connectivity index (χ0) is 25.8. The monoisotopic (exact) mass is 519 g/mol. The maximum absolute atomic E-state index is 13.2. The van der Waals surface area contributed by atoms with Crippen molar-refractivity contribution in [1.82, 2.24) is 14.8 Å². The van der Waals surface area contributed by atoms with Gasteiger partial charge in [-0.05, 0) is 41.2 Å². The number of hydrogen-bond donors (Lipinski definition) is 0. The molecule has 0 spiro atoms. The summed E-state index contributed by atoms with van der Waals surface area (Å²) in [5, 5.41) is 2.55. The smallest absolute Gasteiger partial charge is 0.273 e. The van der Waals surface area contributed by atoms with Crippen LogP contribution in [0.2, 0.25) is 0 Å². The second-order valence-corrected chi connectivity index (χ2v) is 10.9. The first kappa shape index (κ1) is 25.4. The summed E-state index contributed by atoms with van der Waals surface area (Å²) < 4.78 is 11.5. The number of benzene rings is 2. The van der Waals surface area contributed by atoms with E-state index in [2.05, 4.69) is 43.1 Å². The molecule has 194 valence electrons. The van der Waals surface area contributed by atoms with Crippen LogP contribution >= 0.6 is 11.3 Å². The summed E-state index contributed by atoms with van der Waals surface area (Å²) in [6.07, 6.45) is 1.35. The Labute approximate surface area is 222 Å². The summed E-state index contributed by atoms with van der Waals surface area (Å²) in [6.45, 7) is 7.47. The number of morpholine rings is 1. The lowest BCUT2D eigenvalue weighted by Crippen LogP contribution is -2.41. The van der Waals surface area contributed by atoms with Crippen molar-refractivity contribution in [3.8, 4) is 5.75 Å². The van der Waals surface area contributed by atoms with Crippen molar-refractivity contribution in [3.63, 3.8) is 0 Å². The Morgan fingerprint density at radius 1 is 1.11 bits per heavy atom. The molecule has 3 heterocycles. The van der Waals surface area contributed by atoms with E-state index in [1.165, 1.54) is 16.9 Å². The number of fused-ring (bicyclic) bond motifs is 1. The fourth-order valence-corrected chi connectivity index (χ4v) is 5.64. The van der Waals surface area contributed by atoms with E-state index in [0.717, 1.165) is 28.3 Å². The van der Waals surface area contributed by atoms with Crippen molar-refractivity contribution in [1.29, 1.82) is 0 Å². The predicted octanol–water partition coefficient (Wildman–Crippen LogP) is 4.71. The Kier molecular flexibility index (Phi) is 7.86. The van der Waals surface area contributed by atoms with E-state index in [4.69, 9.17) is 9.47 Å². The molecule has 1 atom stereocenters. The molecule has 0 saturated carbocycles. The highest BCUT2D eigenvalue weighted by molar-refractivity contribution is 7.09. The second-order valence-electron chi connectivity index (χ2n) is 9.93. The van der Waals surface area contributed by atoms with Crippen LogP contribution in [0.25, 0.3) is 0 Å². The molecule has 37 heavy (non-hydrogen) atoms. The highest BCUT2D eigenvalue weighted by atomic mass is 32.1. The van der Waals surface area contributed by atoms with Gasteiger partial charge >= 0.3 is 0 Å². The molecule has 0 radical (unpaired) electrons. The molecular weight excluding hydrogens is 486 g/mol. The van der Waals surface area contributed by atoms with Gasteiger partial charge in [-0.15, -0.1) is 11.3 Å². The summed E-state index contributed by atoms with van der Waals surface area (Å²) in [6, 6.07) is 16.2. The van der Waals surface area contributed by atoms with Gasteiger partial charge in [0.2, 0.25) is 5.91 Å². The summed E-state index contributed by atoms with van der Waals surface area (Å²) in [7, 11) is 0. The summed E-state index contributed by atoms with van der Waals surface area (Å²) in [4.78, 5) is 34.3. The van der Waals surface area contributed by atoms with E-state index >= 15 is 0 Å². The number of carbonyl (C=O) groups is 2. The van der Waals surface area contributed by atoms with E-state index in [0.29, 0.717) is 50.9 Å². The third-order valence-electron chi connectivity index (χ3n) is 6.80. The molecule has 1 saturated heterocycles. The van der Waals surface area contributed by atoms with Gasteiger partial charge in [-0.1, -0.05) is 50.2 Å². The lowest BCUT2D eigenvalue weighted by atomic mass is 9.87. The van der Waals surface area contributed by atoms with Crippen molar-refractivity contribution >= 4 is 23.2 Å². The average molecular weight is 520 g/mol. The van der Waals surface area contributed by atoms with Gasteiger partial charge in [0.1, 0.15) is 23.1 Å². The summed E-state index contributed by atoms with van der Waals surface area (Å²) in [5.41, 5.74) is 3.90. The van der Waals surface area contributed by atoms with Crippen LogP contribution in [0.3, 0.4) is 0 Å². The van der Waals surface area contributed by atoms with E-state index < -0.39 is 0 Å². The molecular formula is C29H33N3O4S. The Morgan fingerprint density at radius 3 is 2.65 bits per heavy atom. The van der Waals surface area contributed by atoms with Gasteiger partial charge in [0.05, 0.1) is 19.3 Å². The van der Waals surface area contributed by atoms with Crippen molar-refractivity contribution < 1.29 is 19.1 Å². The highest BCUT2D eigenvalue weighted by Gasteiger charge is 2.32. The lowest BCUT2D eigenvalue weighted by Gasteiger charge is -2.38. The molecule has 3 aromatic rings. The number of aromatic nitrogens is 1. The number of thiazole rings is 1. The van der Waals surface area contributed by atoms with Crippen LogP contribution in [0.4, 0.5) is 0 Å². The summed E-state index contributed by atoms with van der Waals surface area (Å²) in [5.74, 6) is 1.16. The molecule has 0 bridgehead atoms. The first-order valence-electron chi connectivity index (χ1n) is 12.9. The topological polar surface area (TPSA) is 72.0 Å². The molecule has 0 N–H and O–H groups in total. The Balaban J connectivity index is 1.34. The van der Waals surface area contributed by atoms with Gasteiger partial charge < -0.3 is 19.3 Å². The lowest BCUT2D eigenvalue weighted by molar-refractivity contribution is -0.134. The maximum Gasteiger partial charge on any atom is 0.273 e. The minimum Gasteiger partial charge on any atom is -0.486 e. The van der Waals surface area contributed by atoms with E-state index in [1.54, 1.807) is 10.3 Å². The number of ether oxygens (including phenoxy) is 2. The fourth-order valence-electron chi connectivity index (χ4n) is 4.96. The van der Waals surface area contributed by atoms with Crippen molar-refractivity contribution in [3.05, 3.63) is 81.3 Å². The van der Waals surface area contributed by atoms with Crippen LogP contribution in [-0.2, 0) is 22.6 Å². The van der Waals surface area contributed by atoms with Crippen LogP contribution in [0.1, 0.15) is 58.5 Å².